The summed E-state index contributed by atoms with van der Waals surface area (Å²) in [5, 5.41) is 0. The second-order valence-corrected chi connectivity index (χ2v) is 7.81. The van der Waals surface area contributed by atoms with Gasteiger partial charge < -0.3 is 4.90 Å². The minimum Gasteiger partial charge on any atom is -0.337 e. The lowest BCUT2D eigenvalue weighted by Crippen LogP contribution is -2.26. The first-order valence-corrected chi connectivity index (χ1v) is 9.51. The lowest BCUT2D eigenvalue weighted by Gasteiger charge is -2.18. The lowest BCUT2D eigenvalue weighted by molar-refractivity contribution is 0.0785. The zero-order valence-electron chi connectivity index (χ0n) is 12.8. The quantitative estimate of drug-likeness (QED) is 0.843. The Kier molecular flexibility index (Phi) is 5.43. The van der Waals surface area contributed by atoms with Crippen LogP contribution in [-0.2, 0) is 16.6 Å². The maximum atomic E-state index is 12.5. The Hall–Kier alpha value is -1.86. The second-order valence-electron chi connectivity index (χ2n) is 5.21. The minimum atomic E-state index is -3.38. The van der Waals surface area contributed by atoms with E-state index in [0.717, 1.165) is 16.3 Å². The smallest absolute Gasteiger partial charge is 0.253 e. The zero-order valence-corrected chi connectivity index (χ0v) is 15.2. The number of anilines is 1. The highest BCUT2D eigenvalue weighted by Crippen LogP contribution is 2.19. The number of carbonyl (C=O) groups excluding carboxylic acids is 1. The van der Waals surface area contributed by atoms with E-state index in [-0.39, 0.29) is 5.91 Å². The third kappa shape index (κ3) is 5.07. The zero-order chi connectivity index (χ0) is 17.0. The molecular weight excluding hydrogens is 380 g/mol. The van der Waals surface area contributed by atoms with Gasteiger partial charge in [0.15, 0.2) is 0 Å². The molecule has 2 aromatic rings. The Labute approximate surface area is 144 Å². The monoisotopic (exact) mass is 396 g/mol. The first-order valence-electron chi connectivity index (χ1n) is 6.83. The third-order valence-electron chi connectivity index (χ3n) is 3.12. The molecule has 0 aliphatic carbocycles. The third-order valence-corrected chi connectivity index (χ3v) is 4.50. The molecule has 1 amide bonds. The van der Waals surface area contributed by atoms with Crippen molar-refractivity contribution in [1.82, 2.24) is 4.90 Å². The summed E-state index contributed by atoms with van der Waals surface area (Å²) in [6.45, 7) is 0.448. The molecule has 0 radical (unpaired) electrons. The van der Waals surface area contributed by atoms with Gasteiger partial charge in [-0.25, -0.2) is 8.42 Å². The van der Waals surface area contributed by atoms with Gasteiger partial charge in [-0.1, -0.05) is 40.2 Å². The molecule has 0 spiro atoms. The number of hydrogen-bond acceptors (Lipinski definition) is 3. The summed E-state index contributed by atoms with van der Waals surface area (Å²) < 4.78 is 25.9. The van der Waals surface area contributed by atoms with Crippen LogP contribution in [0.5, 0.6) is 0 Å². The summed E-state index contributed by atoms with van der Waals surface area (Å²) in [4.78, 5) is 14.1. The SMILES string of the molecule is CN(Cc1ccccc1Br)C(=O)c1cccc(NS(C)(=O)=O)c1. The molecule has 0 saturated carbocycles. The molecule has 0 saturated heterocycles. The summed E-state index contributed by atoms with van der Waals surface area (Å²) in [6.07, 6.45) is 1.07. The summed E-state index contributed by atoms with van der Waals surface area (Å²) in [6, 6.07) is 14.1. The van der Waals surface area contributed by atoms with Crippen molar-refractivity contribution in [3.8, 4) is 0 Å². The van der Waals surface area contributed by atoms with Gasteiger partial charge in [-0.05, 0) is 29.8 Å². The molecule has 0 fully saturated rings. The van der Waals surface area contributed by atoms with Gasteiger partial charge in [-0.2, -0.15) is 0 Å². The number of nitrogens with zero attached hydrogens (tertiary/aromatic N) is 1. The van der Waals surface area contributed by atoms with Crippen LogP contribution in [0.15, 0.2) is 53.0 Å². The molecule has 122 valence electrons. The molecule has 0 atom stereocenters. The molecule has 1 N–H and O–H groups in total. The fourth-order valence-electron chi connectivity index (χ4n) is 2.10. The summed E-state index contributed by atoms with van der Waals surface area (Å²) in [5.74, 6) is -0.182. The largest absolute Gasteiger partial charge is 0.337 e. The Balaban J connectivity index is 2.16. The molecule has 7 heteroatoms. The van der Waals surface area contributed by atoms with Crippen LogP contribution in [0.1, 0.15) is 15.9 Å². The average molecular weight is 397 g/mol. The van der Waals surface area contributed by atoms with Crippen molar-refractivity contribution in [3.63, 3.8) is 0 Å². The average Bonchev–Trinajstić information content (AvgIpc) is 2.47. The predicted molar refractivity (Wildman–Crippen MR) is 94.8 cm³/mol. The number of amides is 1. The van der Waals surface area contributed by atoms with Crippen LogP contribution in [0.25, 0.3) is 0 Å². The number of carbonyl (C=O) groups is 1. The Morgan fingerprint density at radius 2 is 1.87 bits per heavy atom. The Morgan fingerprint density at radius 3 is 2.52 bits per heavy atom. The predicted octanol–water partition coefficient (Wildman–Crippen LogP) is 3.09. The maximum Gasteiger partial charge on any atom is 0.253 e. The van der Waals surface area contributed by atoms with E-state index < -0.39 is 10.0 Å². The van der Waals surface area contributed by atoms with E-state index >= 15 is 0 Å². The molecule has 0 heterocycles. The molecule has 0 aliphatic rings. The van der Waals surface area contributed by atoms with E-state index in [1.807, 2.05) is 24.3 Å². The van der Waals surface area contributed by atoms with E-state index in [9.17, 15) is 13.2 Å². The van der Waals surface area contributed by atoms with Crippen molar-refractivity contribution in [3.05, 3.63) is 64.1 Å². The fraction of sp³-hybridized carbons (Fsp3) is 0.188. The number of nitrogens with one attached hydrogen (secondary N) is 1. The second kappa shape index (κ2) is 7.14. The first kappa shape index (κ1) is 17.5. The fourth-order valence-corrected chi connectivity index (χ4v) is 3.07. The van der Waals surface area contributed by atoms with Gasteiger partial charge >= 0.3 is 0 Å². The molecule has 2 rings (SSSR count). The molecular formula is C16H17BrN2O3S. The van der Waals surface area contributed by atoms with Crippen molar-refractivity contribution in [2.45, 2.75) is 6.54 Å². The standard InChI is InChI=1S/C16H17BrN2O3S/c1-19(11-13-6-3-4-9-15(13)17)16(20)12-7-5-8-14(10-12)18-23(2,21)22/h3-10,18H,11H2,1-2H3. The number of hydrogen-bond donors (Lipinski definition) is 1. The van der Waals surface area contributed by atoms with Crippen LogP contribution in [0.4, 0.5) is 5.69 Å². The summed E-state index contributed by atoms with van der Waals surface area (Å²) >= 11 is 3.46. The van der Waals surface area contributed by atoms with E-state index in [4.69, 9.17) is 0 Å². The molecule has 5 nitrogen and oxygen atoms in total. The van der Waals surface area contributed by atoms with Crippen molar-refractivity contribution in [2.24, 2.45) is 0 Å². The van der Waals surface area contributed by atoms with Crippen molar-refractivity contribution in [1.29, 1.82) is 0 Å². The number of benzene rings is 2. The van der Waals surface area contributed by atoms with Gasteiger partial charge in [-0.15, -0.1) is 0 Å². The van der Waals surface area contributed by atoms with Crippen LogP contribution in [0.2, 0.25) is 0 Å². The van der Waals surface area contributed by atoms with E-state index in [2.05, 4.69) is 20.7 Å². The van der Waals surface area contributed by atoms with Crippen molar-refractivity contribution in [2.75, 3.05) is 18.0 Å². The molecule has 0 aliphatic heterocycles. The number of halogens is 1. The van der Waals surface area contributed by atoms with Gasteiger partial charge in [0, 0.05) is 29.3 Å². The van der Waals surface area contributed by atoms with Gasteiger partial charge in [0.05, 0.1) is 6.26 Å². The molecule has 0 unspecified atom stereocenters. The highest BCUT2D eigenvalue weighted by molar-refractivity contribution is 9.10. The topological polar surface area (TPSA) is 66.5 Å². The summed E-state index contributed by atoms with van der Waals surface area (Å²) in [7, 11) is -1.67. The Morgan fingerprint density at radius 1 is 1.17 bits per heavy atom. The van der Waals surface area contributed by atoms with Crippen LogP contribution >= 0.6 is 15.9 Å². The molecule has 23 heavy (non-hydrogen) atoms. The minimum absolute atomic E-state index is 0.182. The normalized spacial score (nSPS) is 11.1. The van der Waals surface area contributed by atoms with Crippen molar-refractivity contribution < 1.29 is 13.2 Å². The first-order chi connectivity index (χ1) is 10.8. The van der Waals surface area contributed by atoms with Crippen LogP contribution in [-0.4, -0.2) is 32.5 Å². The van der Waals surface area contributed by atoms with Crippen LogP contribution < -0.4 is 4.72 Å². The van der Waals surface area contributed by atoms with E-state index in [1.54, 1.807) is 30.1 Å². The van der Waals surface area contributed by atoms with E-state index in [1.165, 1.54) is 6.07 Å². The van der Waals surface area contributed by atoms with Crippen LogP contribution in [0, 0.1) is 0 Å². The van der Waals surface area contributed by atoms with Gasteiger partial charge in [0.25, 0.3) is 5.91 Å². The highest BCUT2D eigenvalue weighted by atomic mass is 79.9. The maximum absolute atomic E-state index is 12.5. The van der Waals surface area contributed by atoms with E-state index in [0.29, 0.717) is 17.8 Å². The van der Waals surface area contributed by atoms with Gasteiger partial charge in [0.2, 0.25) is 10.0 Å². The van der Waals surface area contributed by atoms with Gasteiger partial charge in [-0.3, -0.25) is 9.52 Å². The number of rotatable bonds is 5. The van der Waals surface area contributed by atoms with Gasteiger partial charge in [0.1, 0.15) is 0 Å². The lowest BCUT2D eigenvalue weighted by atomic mass is 10.1. The van der Waals surface area contributed by atoms with Crippen molar-refractivity contribution >= 4 is 37.5 Å². The molecule has 0 aromatic heterocycles. The molecule has 0 bridgehead atoms. The Bertz CT molecular complexity index is 822. The van der Waals surface area contributed by atoms with Crippen LogP contribution in [0.3, 0.4) is 0 Å². The molecule has 2 aromatic carbocycles. The highest BCUT2D eigenvalue weighted by Gasteiger charge is 2.14. The number of sulfonamides is 1. The summed E-state index contributed by atoms with van der Waals surface area (Å²) in [5.41, 5.74) is 1.79.